The van der Waals surface area contributed by atoms with Gasteiger partial charge in [0, 0.05) is 0 Å². The highest BCUT2D eigenvalue weighted by atomic mass is 32.2. The molecular formula is C15H12F16O7S. The highest BCUT2D eigenvalue weighted by Gasteiger charge is 2.76. The Labute approximate surface area is 205 Å². The van der Waals surface area contributed by atoms with Crippen molar-refractivity contribution in [1.29, 1.82) is 0 Å². The Morgan fingerprint density at radius 2 is 0.872 bits per heavy atom. The van der Waals surface area contributed by atoms with E-state index < -0.39 is 102 Å². The van der Waals surface area contributed by atoms with Gasteiger partial charge in [0.05, 0.1) is 12.8 Å². The topological polar surface area (TPSA) is 107 Å². The van der Waals surface area contributed by atoms with Gasteiger partial charge in [-0.2, -0.15) is 61.1 Å². The minimum Gasteiger partial charge on any atom is -0.459 e. The van der Waals surface area contributed by atoms with Gasteiger partial charge in [0.1, 0.15) is 5.25 Å². The van der Waals surface area contributed by atoms with Gasteiger partial charge >= 0.3 is 60.3 Å². The van der Waals surface area contributed by atoms with E-state index >= 15 is 0 Å². The number of rotatable bonds is 15. The van der Waals surface area contributed by atoms with Gasteiger partial charge in [0.15, 0.2) is 13.2 Å². The van der Waals surface area contributed by atoms with Crippen molar-refractivity contribution in [2.75, 3.05) is 13.2 Å². The fourth-order valence-electron chi connectivity index (χ4n) is 2.06. The van der Waals surface area contributed by atoms with E-state index in [0.29, 0.717) is 0 Å². The van der Waals surface area contributed by atoms with Crippen LogP contribution in [0.15, 0.2) is 0 Å². The molecule has 0 rings (SSSR count). The fraction of sp³-hybridized carbons (Fsp3) is 0.867. The van der Waals surface area contributed by atoms with Crippen molar-refractivity contribution < 1.29 is 102 Å². The highest BCUT2D eigenvalue weighted by molar-refractivity contribution is 7.86. The number of carbonyl (C=O) groups is 2. The first-order valence-electron chi connectivity index (χ1n) is 9.09. The summed E-state index contributed by atoms with van der Waals surface area (Å²) in [6.45, 7) is -6.27. The zero-order chi connectivity index (χ0) is 31.6. The number of esters is 2. The van der Waals surface area contributed by atoms with Crippen LogP contribution in [0.25, 0.3) is 0 Å². The molecular weight excluding hydrogens is 628 g/mol. The highest BCUT2D eigenvalue weighted by Crippen LogP contribution is 2.49. The van der Waals surface area contributed by atoms with Crippen molar-refractivity contribution in [3.05, 3.63) is 0 Å². The first kappa shape index (κ1) is 36.7. The molecule has 0 aromatic heterocycles. The maximum Gasteiger partial charge on any atom is 0.381 e. The van der Waals surface area contributed by atoms with Crippen LogP contribution in [-0.4, -0.2) is 91.8 Å². The first-order valence-corrected chi connectivity index (χ1v) is 10.6. The summed E-state index contributed by atoms with van der Waals surface area (Å²) in [5, 5.41) is -3.04. The van der Waals surface area contributed by atoms with Crippen LogP contribution in [0, 0.1) is 0 Å². The van der Waals surface area contributed by atoms with Crippen LogP contribution < -0.4 is 0 Å². The van der Waals surface area contributed by atoms with Crippen molar-refractivity contribution >= 4 is 22.1 Å². The molecule has 0 fully saturated rings. The average Bonchev–Trinajstić information content (AvgIpc) is 2.74. The van der Waals surface area contributed by atoms with Gasteiger partial charge in [-0.15, -0.1) is 0 Å². The van der Waals surface area contributed by atoms with Crippen LogP contribution in [0.1, 0.15) is 12.8 Å². The number of alkyl halides is 16. The molecule has 1 N–H and O–H groups in total. The largest absolute Gasteiger partial charge is 0.459 e. The Balaban J connectivity index is 5.46. The molecule has 0 bridgehead atoms. The Morgan fingerprint density at radius 3 is 1.08 bits per heavy atom. The van der Waals surface area contributed by atoms with Crippen molar-refractivity contribution in [3.8, 4) is 0 Å². The maximum absolute atomic E-state index is 13.3. The second-order valence-electron chi connectivity index (χ2n) is 7.27. The van der Waals surface area contributed by atoms with E-state index in [4.69, 9.17) is 4.55 Å². The Morgan fingerprint density at radius 1 is 0.615 bits per heavy atom. The number of hydrogen-bond donors (Lipinski definition) is 1. The van der Waals surface area contributed by atoms with Gasteiger partial charge in [0.25, 0.3) is 10.1 Å². The van der Waals surface area contributed by atoms with Gasteiger partial charge in [-0.25, -0.2) is 17.6 Å². The summed E-state index contributed by atoms with van der Waals surface area (Å²) < 4.78 is 243. The molecule has 0 unspecified atom stereocenters. The van der Waals surface area contributed by atoms with Gasteiger partial charge < -0.3 is 9.47 Å². The minimum atomic E-state index is -6.88. The van der Waals surface area contributed by atoms with Gasteiger partial charge in [0.2, 0.25) is 0 Å². The van der Waals surface area contributed by atoms with E-state index in [1.165, 1.54) is 0 Å². The lowest BCUT2D eigenvalue weighted by atomic mass is 10.1. The summed E-state index contributed by atoms with van der Waals surface area (Å²) in [6.07, 6.45) is -14.9. The molecule has 232 valence electrons. The molecule has 0 saturated carbocycles. The number of hydrogen-bond acceptors (Lipinski definition) is 6. The van der Waals surface area contributed by atoms with Crippen molar-refractivity contribution in [2.45, 2.75) is 66.5 Å². The zero-order valence-corrected chi connectivity index (χ0v) is 18.7. The standard InChI is InChI=1S/C15H12F16O7S/c16-8(17)12(24,25)14(28,29)10(20,21)3-37-6(32)1-5(39(34,35)36)2-7(33)38-4-11(22,23)15(30,31)13(26,27)9(18)19/h5,8-9H,1-4H2,(H,34,35,36). The third-order valence-corrected chi connectivity index (χ3v) is 5.52. The van der Waals surface area contributed by atoms with Crippen molar-refractivity contribution in [1.82, 2.24) is 0 Å². The van der Waals surface area contributed by atoms with E-state index in [0.717, 1.165) is 0 Å². The SMILES string of the molecule is O=C(CC(CC(=O)OCC(F)(F)C(F)(F)C(F)(F)C(F)F)S(=O)(=O)O)OCC(F)(F)C(F)(F)C(F)(F)C(F)F. The van der Waals surface area contributed by atoms with Crippen LogP contribution in [0.5, 0.6) is 0 Å². The first-order chi connectivity index (χ1) is 17.0. The second-order valence-corrected chi connectivity index (χ2v) is 8.97. The number of halogens is 16. The summed E-state index contributed by atoms with van der Waals surface area (Å²) in [6, 6.07) is 0. The summed E-state index contributed by atoms with van der Waals surface area (Å²) >= 11 is 0. The predicted octanol–water partition coefficient (Wildman–Crippen LogP) is 4.45. The van der Waals surface area contributed by atoms with Crippen LogP contribution in [0.2, 0.25) is 0 Å². The lowest BCUT2D eigenvalue weighted by Gasteiger charge is -2.32. The number of carbonyl (C=O) groups excluding carboxylic acids is 2. The molecule has 0 spiro atoms. The average molecular weight is 640 g/mol. The molecule has 0 aliphatic rings. The minimum absolute atomic E-state index is 2.10. The molecule has 0 radical (unpaired) electrons. The quantitative estimate of drug-likeness (QED) is 0.160. The van der Waals surface area contributed by atoms with Crippen LogP contribution >= 0.6 is 0 Å². The number of ether oxygens (including phenoxy) is 2. The Kier molecular flexibility index (Phi) is 11.0. The van der Waals surface area contributed by atoms with E-state index in [1.807, 2.05) is 0 Å². The molecule has 0 aromatic rings. The second kappa shape index (κ2) is 11.7. The van der Waals surface area contributed by atoms with Gasteiger partial charge in [-0.3, -0.25) is 14.1 Å². The predicted molar refractivity (Wildman–Crippen MR) is 88.2 cm³/mol. The van der Waals surface area contributed by atoms with Gasteiger partial charge in [-0.05, 0) is 0 Å². The third kappa shape index (κ3) is 7.90. The summed E-state index contributed by atoms with van der Waals surface area (Å²) in [5.74, 6) is -44.6. The Bertz CT molecular complexity index is 920. The maximum atomic E-state index is 13.3. The molecule has 0 atom stereocenters. The fourth-order valence-corrected chi connectivity index (χ4v) is 2.75. The monoisotopic (exact) mass is 640 g/mol. The van der Waals surface area contributed by atoms with Crippen LogP contribution in [0.4, 0.5) is 70.2 Å². The Hall–Kier alpha value is -2.27. The molecule has 0 heterocycles. The van der Waals surface area contributed by atoms with Crippen LogP contribution in [-0.2, 0) is 29.2 Å². The zero-order valence-electron chi connectivity index (χ0n) is 17.9. The molecule has 0 aromatic carbocycles. The van der Waals surface area contributed by atoms with Crippen LogP contribution in [0.3, 0.4) is 0 Å². The van der Waals surface area contributed by atoms with E-state index in [-0.39, 0.29) is 0 Å². The molecule has 0 aliphatic heterocycles. The van der Waals surface area contributed by atoms with E-state index in [2.05, 4.69) is 9.47 Å². The molecule has 0 aliphatic carbocycles. The van der Waals surface area contributed by atoms with E-state index in [1.54, 1.807) is 0 Å². The molecule has 7 nitrogen and oxygen atoms in total. The normalized spacial score (nSPS) is 14.8. The molecule has 24 heteroatoms. The van der Waals surface area contributed by atoms with E-state index in [9.17, 15) is 88.3 Å². The van der Waals surface area contributed by atoms with Gasteiger partial charge in [-0.1, -0.05) is 0 Å². The summed E-state index contributed by atoms with van der Waals surface area (Å²) in [7, 11) is -5.80. The molecule has 0 saturated heterocycles. The lowest BCUT2D eigenvalue weighted by molar-refractivity contribution is -0.344. The summed E-state index contributed by atoms with van der Waals surface area (Å²) in [4.78, 5) is 22.8. The molecule has 39 heavy (non-hydrogen) atoms. The lowest BCUT2D eigenvalue weighted by Crippen LogP contribution is -2.59. The summed E-state index contributed by atoms with van der Waals surface area (Å²) in [5.41, 5.74) is 0. The molecule has 0 amide bonds. The third-order valence-electron chi connectivity index (χ3n) is 4.34. The smallest absolute Gasteiger partial charge is 0.381 e. The van der Waals surface area contributed by atoms with Crippen molar-refractivity contribution in [2.24, 2.45) is 0 Å². The van der Waals surface area contributed by atoms with Crippen molar-refractivity contribution in [3.63, 3.8) is 0 Å².